The molecule has 0 radical (unpaired) electrons. The Labute approximate surface area is 192 Å². The van der Waals surface area contributed by atoms with Crippen LogP contribution >= 0.6 is 0 Å². The van der Waals surface area contributed by atoms with Gasteiger partial charge in [-0.1, -0.05) is 49.6 Å². The fourth-order valence-corrected chi connectivity index (χ4v) is 5.47. The quantitative estimate of drug-likeness (QED) is 0.718. The number of nitrogens with one attached hydrogen (secondary N) is 2. The Morgan fingerprint density at radius 2 is 1.75 bits per heavy atom. The van der Waals surface area contributed by atoms with Crippen molar-refractivity contribution < 1.29 is 0 Å². The number of piperidine rings is 1. The number of hydrogen-bond donors (Lipinski definition) is 2. The van der Waals surface area contributed by atoms with E-state index in [-0.39, 0.29) is 0 Å². The third-order valence-electron chi connectivity index (χ3n) is 7.29. The van der Waals surface area contributed by atoms with E-state index in [0.717, 1.165) is 51.6 Å². The summed E-state index contributed by atoms with van der Waals surface area (Å²) < 4.78 is 0. The van der Waals surface area contributed by atoms with Crippen molar-refractivity contribution >= 4 is 11.8 Å². The number of nitrogens with zero attached hydrogens (tertiary/aromatic N) is 4. The zero-order valence-corrected chi connectivity index (χ0v) is 19.4. The second-order valence-electron chi connectivity index (χ2n) is 9.61. The summed E-state index contributed by atoms with van der Waals surface area (Å²) in [6.07, 6.45) is 10.1. The first kappa shape index (κ1) is 21.7. The standard InChI is InChI=1S/C26H38N6/c1-2-8-16-31(15-7-1)25-23-19-27-14-13-24(23)29-26(30-25)28-18-22-12-6-9-17-32(22)20-21-10-4-3-5-11-21/h3-5,10-11,22,27H,1-2,6-9,12-20H2,(H,28,29,30). The van der Waals surface area contributed by atoms with Crippen LogP contribution in [-0.4, -0.2) is 53.6 Å². The summed E-state index contributed by atoms with van der Waals surface area (Å²) in [6.45, 7) is 7.28. The lowest BCUT2D eigenvalue weighted by molar-refractivity contribution is 0.148. The first-order valence-electron chi connectivity index (χ1n) is 12.7. The van der Waals surface area contributed by atoms with Crippen LogP contribution in [0.1, 0.15) is 61.8 Å². The molecule has 2 aromatic rings. The molecule has 3 aliphatic heterocycles. The second-order valence-corrected chi connectivity index (χ2v) is 9.61. The van der Waals surface area contributed by atoms with Gasteiger partial charge in [0.1, 0.15) is 5.82 Å². The molecule has 1 aromatic heterocycles. The maximum atomic E-state index is 5.09. The highest BCUT2D eigenvalue weighted by atomic mass is 15.3. The van der Waals surface area contributed by atoms with Crippen LogP contribution in [0, 0.1) is 0 Å². The zero-order valence-electron chi connectivity index (χ0n) is 19.4. The van der Waals surface area contributed by atoms with E-state index in [1.807, 2.05) is 0 Å². The Bertz CT molecular complexity index is 862. The van der Waals surface area contributed by atoms with Gasteiger partial charge in [0.2, 0.25) is 5.95 Å². The highest BCUT2D eigenvalue weighted by Gasteiger charge is 2.25. The summed E-state index contributed by atoms with van der Waals surface area (Å²) >= 11 is 0. The average molecular weight is 435 g/mol. The molecule has 0 amide bonds. The molecule has 0 aliphatic carbocycles. The highest BCUT2D eigenvalue weighted by molar-refractivity contribution is 5.53. The van der Waals surface area contributed by atoms with Crippen molar-refractivity contribution in [2.75, 3.05) is 42.9 Å². The van der Waals surface area contributed by atoms with Crippen LogP contribution < -0.4 is 15.5 Å². The molecular weight excluding hydrogens is 396 g/mol. The molecule has 5 rings (SSSR count). The second kappa shape index (κ2) is 10.6. The topological polar surface area (TPSA) is 56.3 Å². The van der Waals surface area contributed by atoms with Crippen LogP contribution in [0.5, 0.6) is 0 Å². The van der Waals surface area contributed by atoms with Gasteiger partial charge < -0.3 is 15.5 Å². The maximum absolute atomic E-state index is 5.09. The van der Waals surface area contributed by atoms with Gasteiger partial charge in [0.25, 0.3) is 0 Å². The predicted octanol–water partition coefficient (Wildman–Crippen LogP) is 3.97. The van der Waals surface area contributed by atoms with E-state index in [9.17, 15) is 0 Å². The molecule has 1 aromatic carbocycles. The van der Waals surface area contributed by atoms with Crippen molar-refractivity contribution in [1.82, 2.24) is 20.2 Å². The molecule has 1 unspecified atom stereocenters. The molecule has 0 spiro atoms. The molecule has 6 heteroatoms. The van der Waals surface area contributed by atoms with Crippen molar-refractivity contribution in [3.63, 3.8) is 0 Å². The predicted molar refractivity (Wildman–Crippen MR) is 131 cm³/mol. The van der Waals surface area contributed by atoms with E-state index >= 15 is 0 Å². The smallest absolute Gasteiger partial charge is 0.224 e. The monoisotopic (exact) mass is 434 g/mol. The van der Waals surface area contributed by atoms with Crippen molar-refractivity contribution in [3.8, 4) is 0 Å². The van der Waals surface area contributed by atoms with Crippen LogP contribution in [0.2, 0.25) is 0 Å². The van der Waals surface area contributed by atoms with Crippen LogP contribution in [-0.2, 0) is 19.5 Å². The largest absolute Gasteiger partial charge is 0.356 e. The number of anilines is 2. The van der Waals surface area contributed by atoms with Crippen LogP contribution in [0.25, 0.3) is 0 Å². The molecule has 0 bridgehead atoms. The molecule has 2 fully saturated rings. The zero-order chi connectivity index (χ0) is 21.6. The van der Waals surface area contributed by atoms with Crippen LogP contribution in [0.3, 0.4) is 0 Å². The van der Waals surface area contributed by atoms with E-state index in [1.165, 1.54) is 74.1 Å². The van der Waals surface area contributed by atoms with Crippen LogP contribution in [0.4, 0.5) is 11.8 Å². The van der Waals surface area contributed by atoms with Gasteiger partial charge in [0.05, 0.1) is 5.69 Å². The van der Waals surface area contributed by atoms with Crippen LogP contribution in [0.15, 0.2) is 30.3 Å². The maximum Gasteiger partial charge on any atom is 0.224 e. The van der Waals surface area contributed by atoms with Gasteiger partial charge in [0, 0.05) is 57.3 Å². The summed E-state index contributed by atoms with van der Waals surface area (Å²) in [7, 11) is 0. The van der Waals surface area contributed by atoms with Gasteiger partial charge in [-0.2, -0.15) is 4.98 Å². The Morgan fingerprint density at radius 1 is 0.938 bits per heavy atom. The lowest BCUT2D eigenvalue weighted by Gasteiger charge is -2.36. The van der Waals surface area contributed by atoms with Gasteiger partial charge in [-0.15, -0.1) is 0 Å². The number of aromatic nitrogens is 2. The van der Waals surface area contributed by atoms with Gasteiger partial charge in [-0.05, 0) is 37.8 Å². The molecule has 1 atom stereocenters. The number of likely N-dealkylation sites (tertiary alicyclic amines) is 1. The van der Waals surface area contributed by atoms with Crippen molar-refractivity contribution in [1.29, 1.82) is 0 Å². The third-order valence-corrected chi connectivity index (χ3v) is 7.29. The number of benzene rings is 1. The molecular formula is C26H38N6. The molecule has 6 nitrogen and oxygen atoms in total. The van der Waals surface area contributed by atoms with E-state index in [2.05, 4.69) is 50.8 Å². The lowest BCUT2D eigenvalue weighted by Crippen LogP contribution is -2.43. The summed E-state index contributed by atoms with van der Waals surface area (Å²) in [5.41, 5.74) is 3.97. The minimum Gasteiger partial charge on any atom is -0.356 e. The van der Waals surface area contributed by atoms with Gasteiger partial charge >= 0.3 is 0 Å². The Kier molecular flexibility index (Phi) is 7.19. The fourth-order valence-electron chi connectivity index (χ4n) is 5.47. The highest BCUT2D eigenvalue weighted by Crippen LogP contribution is 2.28. The van der Waals surface area contributed by atoms with Gasteiger partial charge in [0.15, 0.2) is 0 Å². The SMILES string of the molecule is c1ccc(CN2CCCCC2CNc2nc3c(c(N4CCCCCC4)n2)CNCC3)cc1. The van der Waals surface area contributed by atoms with Gasteiger partial charge in [-0.25, -0.2) is 4.98 Å². The molecule has 3 aliphatic rings. The molecule has 172 valence electrons. The third kappa shape index (κ3) is 5.24. The van der Waals surface area contributed by atoms with E-state index < -0.39 is 0 Å². The van der Waals surface area contributed by atoms with E-state index in [4.69, 9.17) is 9.97 Å². The fraction of sp³-hybridized carbons (Fsp3) is 0.615. The summed E-state index contributed by atoms with van der Waals surface area (Å²) in [4.78, 5) is 15.2. The molecule has 2 N–H and O–H groups in total. The minimum atomic E-state index is 0.534. The lowest BCUT2D eigenvalue weighted by atomic mass is 10.0. The number of fused-ring (bicyclic) bond motifs is 1. The van der Waals surface area contributed by atoms with Crippen molar-refractivity contribution in [2.24, 2.45) is 0 Å². The average Bonchev–Trinajstić information content (AvgIpc) is 3.13. The van der Waals surface area contributed by atoms with Crippen molar-refractivity contribution in [2.45, 2.75) is 70.5 Å². The Hall–Kier alpha value is -2.18. The normalized spacial score (nSPS) is 22.2. The number of rotatable bonds is 6. The Balaban J connectivity index is 1.31. The molecule has 32 heavy (non-hydrogen) atoms. The molecule has 4 heterocycles. The van der Waals surface area contributed by atoms with Gasteiger partial charge in [-0.3, -0.25) is 4.90 Å². The van der Waals surface area contributed by atoms with E-state index in [0.29, 0.717) is 6.04 Å². The van der Waals surface area contributed by atoms with Crippen molar-refractivity contribution in [3.05, 3.63) is 47.2 Å². The first-order chi connectivity index (χ1) is 15.9. The summed E-state index contributed by atoms with van der Waals surface area (Å²) in [6, 6.07) is 11.4. The minimum absolute atomic E-state index is 0.534. The van der Waals surface area contributed by atoms with E-state index in [1.54, 1.807) is 0 Å². The summed E-state index contributed by atoms with van der Waals surface area (Å²) in [5.74, 6) is 2.01. The summed E-state index contributed by atoms with van der Waals surface area (Å²) in [5, 5.41) is 7.20. The Morgan fingerprint density at radius 3 is 2.59 bits per heavy atom. The molecule has 0 saturated carbocycles. The molecule has 2 saturated heterocycles. The first-order valence-corrected chi connectivity index (χ1v) is 12.7. The number of hydrogen-bond acceptors (Lipinski definition) is 6.